The fourth-order valence-electron chi connectivity index (χ4n) is 2.28. The van der Waals surface area contributed by atoms with E-state index in [4.69, 9.17) is 10.0 Å². The number of hydrogen-bond donors (Lipinski definition) is 4. The minimum Gasteiger partial charge on any atom is -0.423 e. The number of halogens is 5. The van der Waals surface area contributed by atoms with Gasteiger partial charge >= 0.3 is 24.5 Å². The van der Waals surface area contributed by atoms with Crippen molar-refractivity contribution >= 4 is 51.5 Å². The van der Waals surface area contributed by atoms with E-state index in [1.54, 1.807) is 0 Å². The van der Waals surface area contributed by atoms with Crippen LogP contribution in [0.4, 0.5) is 19.4 Å². The Morgan fingerprint density at radius 1 is 0.759 bits per heavy atom. The zero-order valence-corrected chi connectivity index (χ0v) is 15.5. The predicted octanol–water partition coefficient (Wildman–Crippen LogP) is 0.349. The van der Waals surface area contributed by atoms with E-state index in [1.807, 2.05) is 0 Å². The van der Waals surface area contributed by atoms with Crippen LogP contribution in [-0.2, 0) is 9.84 Å². The quantitative estimate of drug-likeness (QED) is 0.278. The zero-order chi connectivity index (χ0) is 22.5. The number of rotatable bonds is 6. The molecule has 0 aromatic heterocycles. The molecule has 2 rings (SSSR count). The summed E-state index contributed by atoms with van der Waals surface area (Å²) in [6.07, 6.45) is 0.110. The van der Waals surface area contributed by atoms with E-state index >= 15 is 0 Å². The first-order chi connectivity index (χ1) is 12.8. The van der Waals surface area contributed by atoms with Crippen LogP contribution in [0.3, 0.4) is 0 Å². The summed E-state index contributed by atoms with van der Waals surface area (Å²) in [5.41, 5.74) is -2.09. The highest BCUT2D eigenvalue weighted by molar-refractivity contribution is 8.45. The molecule has 0 radical (unpaired) electrons. The lowest BCUT2D eigenvalue weighted by Crippen LogP contribution is -2.32. The first-order valence-corrected chi connectivity index (χ1v) is 10.8. The highest BCUT2D eigenvalue weighted by Crippen LogP contribution is 3.02. The van der Waals surface area contributed by atoms with Crippen LogP contribution >= 0.6 is 10.2 Å². The van der Waals surface area contributed by atoms with Crippen molar-refractivity contribution in [3.05, 3.63) is 42.0 Å². The Morgan fingerprint density at radius 2 is 1.21 bits per heavy atom. The summed E-state index contributed by atoms with van der Waals surface area (Å²) in [5.74, 6) is 0. The maximum Gasteiger partial charge on any atom is 0.488 e. The van der Waals surface area contributed by atoms with Crippen molar-refractivity contribution in [3.63, 3.8) is 0 Å². The van der Waals surface area contributed by atoms with E-state index < -0.39 is 65.5 Å². The summed E-state index contributed by atoms with van der Waals surface area (Å²) in [6.45, 7) is 0. The smallest absolute Gasteiger partial charge is 0.423 e. The third-order valence-corrected chi connectivity index (χ3v) is 6.49. The Morgan fingerprint density at radius 3 is 1.62 bits per heavy atom. The fraction of sp³-hybridized carbons (Fsp3) is 0. The molecule has 2 aromatic rings. The molecule has 2 aromatic carbocycles. The van der Waals surface area contributed by atoms with E-state index in [1.165, 1.54) is 0 Å². The standard InChI is InChI=1S/C13H11B2F5O7S2/c16-29(17,18,19,20)13-5-10(15(24)25)4-12(6-13)28(26,27)11-2-8(7-21)1-9(3-11)14(22)23/h1-7,22-25H. The van der Waals surface area contributed by atoms with Gasteiger partial charge in [0.1, 0.15) is 11.2 Å². The number of sulfone groups is 1. The first-order valence-electron chi connectivity index (χ1n) is 7.32. The molecule has 0 unspecified atom stereocenters. The molecule has 0 aliphatic rings. The summed E-state index contributed by atoms with van der Waals surface area (Å²) in [7, 11) is -20.4. The van der Waals surface area contributed by atoms with Crippen molar-refractivity contribution in [2.75, 3.05) is 0 Å². The summed E-state index contributed by atoms with van der Waals surface area (Å²) in [6, 6.07) is 1.80. The van der Waals surface area contributed by atoms with Crippen molar-refractivity contribution in [2.24, 2.45) is 0 Å². The van der Waals surface area contributed by atoms with Gasteiger partial charge in [-0.15, -0.1) is 0 Å². The third kappa shape index (κ3) is 5.15. The molecule has 0 saturated heterocycles. The molecule has 0 bridgehead atoms. The SMILES string of the molecule is O=Cc1cc(B(O)O)cc(S(=O)(=O)c2cc(B(O)O)cc(S(F)(F)(F)(F)F)c2)c1. The second-order valence-electron chi connectivity index (χ2n) is 5.91. The summed E-state index contributed by atoms with van der Waals surface area (Å²) < 4.78 is 91.3. The van der Waals surface area contributed by atoms with Gasteiger partial charge in [-0.2, -0.15) is 0 Å². The lowest BCUT2D eigenvalue weighted by Gasteiger charge is -2.40. The third-order valence-electron chi connectivity index (χ3n) is 3.65. The van der Waals surface area contributed by atoms with Crippen molar-refractivity contribution < 1.29 is 52.7 Å². The van der Waals surface area contributed by atoms with Crippen LogP contribution in [0.1, 0.15) is 10.4 Å². The van der Waals surface area contributed by atoms with Crippen molar-refractivity contribution in [1.82, 2.24) is 0 Å². The van der Waals surface area contributed by atoms with Crippen LogP contribution in [0.15, 0.2) is 51.1 Å². The van der Waals surface area contributed by atoms with Gasteiger partial charge in [0.25, 0.3) is 0 Å². The Kier molecular flexibility index (Phi) is 5.24. The lowest BCUT2D eigenvalue weighted by molar-refractivity contribution is 0.112. The summed E-state index contributed by atoms with van der Waals surface area (Å²) >= 11 is 0. The Balaban J connectivity index is 2.85. The fourth-order valence-corrected chi connectivity index (χ4v) is 4.49. The number of benzene rings is 2. The Bertz CT molecular complexity index is 1090. The maximum absolute atomic E-state index is 13.2. The van der Waals surface area contributed by atoms with Crippen LogP contribution in [-0.4, -0.2) is 49.0 Å². The second kappa shape index (κ2) is 6.52. The van der Waals surface area contributed by atoms with Crippen molar-refractivity contribution in [1.29, 1.82) is 0 Å². The summed E-state index contributed by atoms with van der Waals surface area (Å²) in [4.78, 5) is 5.97. The highest BCUT2D eigenvalue weighted by atomic mass is 32.5. The van der Waals surface area contributed by atoms with E-state index in [0.29, 0.717) is 18.2 Å². The van der Waals surface area contributed by atoms with Gasteiger partial charge in [0.05, 0.1) is 9.79 Å². The molecule has 0 spiro atoms. The topological polar surface area (TPSA) is 132 Å². The number of carbonyl (C=O) groups is 1. The molecule has 158 valence electrons. The van der Waals surface area contributed by atoms with E-state index in [0.717, 1.165) is 6.07 Å². The van der Waals surface area contributed by atoms with Crippen LogP contribution in [0.2, 0.25) is 0 Å². The largest absolute Gasteiger partial charge is 0.488 e. The van der Waals surface area contributed by atoms with E-state index in [9.17, 15) is 42.7 Å². The number of hydrogen-bond acceptors (Lipinski definition) is 7. The molecule has 0 amide bonds. The van der Waals surface area contributed by atoms with Crippen LogP contribution < -0.4 is 10.9 Å². The first kappa shape index (κ1) is 23.3. The molecule has 0 atom stereocenters. The van der Waals surface area contributed by atoms with Gasteiger partial charge in [-0.25, -0.2) is 8.42 Å². The zero-order valence-electron chi connectivity index (χ0n) is 13.9. The average molecular weight is 460 g/mol. The van der Waals surface area contributed by atoms with Gasteiger partial charge < -0.3 is 20.1 Å². The van der Waals surface area contributed by atoms with Gasteiger partial charge in [0, 0.05) is 5.56 Å². The highest BCUT2D eigenvalue weighted by Gasteiger charge is 2.65. The molecule has 0 aliphatic heterocycles. The molecule has 29 heavy (non-hydrogen) atoms. The summed E-state index contributed by atoms with van der Waals surface area (Å²) in [5, 5.41) is 36.5. The van der Waals surface area contributed by atoms with E-state index in [2.05, 4.69) is 0 Å². The predicted molar refractivity (Wildman–Crippen MR) is 94.8 cm³/mol. The number of aldehydes is 1. The van der Waals surface area contributed by atoms with E-state index in [-0.39, 0.29) is 18.4 Å². The lowest BCUT2D eigenvalue weighted by atomic mass is 9.80. The molecule has 0 aliphatic carbocycles. The number of carbonyl (C=O) groups excluding carboxylic acids is 1. The molecule has 0 fully saturated rings. The molecule has 16 heteroatoms. The maximum atomic E-state index is 13.2. The Labute approximate surface area is 161 Å². The molecule has 7 nitrogen and oxygen atoms in total. The van der Waals surface area contributed by atoms with Crippen molar-refractivity contribution in [2.45, 2.75) is 14.7 Å². The molecular weight excluding hydrogens is 449 g/mol. The van der Waals surface area contributed by atoms with Gasteiger partial charge in [0.15, 0.2) is 0 Å². The van der Waals surface area contributed by atoms with Gasteiger partial charge in [-0.3, -0.25) is 4.79 Å². The minimum absolute atomic E-state index is 0.110. The monoisotopic (exact) mass is 460 g/mol. The minimum atomic E-state index is -10.4. The molecular formula is C13H11B2F5O7S2. The van der Waals surface area contributed by atoms with Crippen LogP contribution in [0.5, 0.6) is 0 Å². The van der Waals surface area contributed by atoms with Gasteiger partial charge in [-0.1, -0.05) is 25.5 Å². The molecule has 4 N–H and O–H groups in total. The van der Waals surface area contributed by atoms with Crippen LogP contribution in [0, 0.1) is 0 Å². The normalized spacial score (nSPS) is 14.7. The molecule has 0 saturated carbocycles. The second-order valence-corrected chi connectivity index (χ2v) is 10.3. The molecule has 0 heterocycles. The Hall–Kier alpha value is -1.97. The van der Waals surface area contributed by atoms with Gasteiger partial charge in [0.2, 0.25) is 9.84 Å². The average Bonchev–Trinajstić information content (AvgIpc) is 2.58. The van der Waals surface area contributed by atoms with Crippen molar-refractivity contribution in [3.8, 4) is 0 Å². The van der Waals surface area contributed by atoms with Crippen LogP contribution in [0.25, 0.3) is 0 Å². The van der Waals surface area contributed by atoms with Gasteiger partial charge in [-0.05, 0) is 41.3 Å².